The lowest BCUT2D eigenvalue weighted by Crippen LogP contribution is -2.23. The molecule has 0 saturated carbocycles. The molecule has 0 amide bonds. The van der Waals surface area contributed by atoms with E-state index in [4.69, 9.17) is 16.3 Å². The van der Waals surface area contributed by atoms with Gasteiger partial charge in [-0.05, 0) is 55.0 Å². The van der Waals surface area contributed by atoms with E-state index in [1.807, 2.05) is 0 Å². The zero-order valence-electron chi connectivity index (χ0n) is 12.3. The summed E-state index contributed by atoms with van der Waals surface area (Å²) in [5.74, 6) is -1.32. The van der Waals surface area contributed by atoms with E-state index in [-0.39, 0.29) is 11.6 Å². The van der Waals surface area contributed by atoms with Gasteiger partial charge in [0.1, 0.15) is 5.82 Å². The van der Waals surface area contributed by atoms with Crippen molar-refractivity contribution in [3.63, 3.8) is 0 Å². The number of Topliss-reactive ketones (excluding diaryl/α,β-unsaturated/α-hetero) is 1. The molecule has 5 heteroatoms. The van der Waals surface area contributed by atoms with Crippen molar-refractivity contribution in [2.75, 3.05) is 0 Å². The summed E-state index contributed by atoms with van der Waals surface area (Å²) in [4.78, 5) is 23.8. The highest BCUT2D eigenvalue weighted by atomic mass is 35.5. The van der Waals surface area contributed by atoms with Crippen molar-refractivity contribution in [2.24, 2.45) is 0 Å². The fourth-order valence-corrected chi connectivity index (χ4v) is 1.98. The summed E-state index contributed by atoms with van der Waals surface area (Å²) < 4.78 is 17.8. The number of halogens is 2. The largest absolute Gasteiger partial charge is 0.451 e. The Hall–Kier alpha value is -2.46. The van der Waals surface area contributed by atoms with Crippen LogP contribution in [-0.2, 0) is 9.53 Å². The molecule has 2 aromatic carbocycles. The molecule has 0 N–H and O–H groups in total. The minimum absolute atomic E-state index is 0.315. The highest BCUT2D eigenvalue weighted by molar-refractivity contribution is 6.30. The Balaban J connectivity index is 1.95. The van der Waals surface area contributed by atoms with Crippen LogP contribution < -0.4 is 0 Å². The number of rotatable bonds is 5. The van der Waals surface area contributed by atoms with E-state index in [0.29, 0.717) is 16.1 Å². The summed E-state index contributed by atoms with van der Waals surface area (Å²) in [6.07, 6.45) is 1.77. The van der Waals surface area contributed by atoms with E-state index in [0.717, 1.165) is 0 Å². The smallest absolute Gasteiger partial charge is 0.331 e. The third-order valence-corrected chi connectivity index (χ3v) is 3.32. The molecule has 0 bridgehead atoms. The summed E-state index contributed by atoms with van der Waals surface area (Å²) in [5.41, 5.74) is 1.07. The predicted octanol–water partition coefficient (Wildman–Crippen LogP) is 4.31. The molecular weight excluding hydrogens is 319 g/mol. The quantitative estimate of drug-likeness (QED) is 0.465. The Morgan fingerprint density at radius 1 is 1.09 bits per heavy atom. The Bertz CT molecular complexity index is 721. The van der Waals surface area contributed by atoms with Crippen LogP contribution in [0.3, 0.4) is 0 Å². The molecule has 0 unspecified atom stereocenters. The molecule has 23 heavy (non-hydrogen) atoms. The van der Waals surface area contributed by atoms with Gasteiger partial charge in [0, 0.05) is 16.7 Å². The van der Waals surface area contributed by atoms with Gasteiger partial charge in [-0.25, -0.2) is 9.18 Å². The fourth-order valence-electron chi connectivity index (χ4n) is 1.85. The Labute approximate surface area is 138 Å². The molecule has 0 aliphatic heterocycles. The van der Waals surface area contributed by atoms with Crippen LogP contribution in [0.15, 0.2) is 54.6 Å². The van der Waals surface area contributed by atoms with Crippen molar-refractivity contribution >= 4 is 29.4 Å². The molecule has 2 aromatic rings. The number of benzene rings is 2. The van der Waals surface area contributed by atoms with Gasteiger partial charge in [-0.3, -0.25) is 4.79 Å². The maximum absolute atomic E-state index is 12.8. The number of ether oxygens (including phenoxy) is 1. The second-order valence-corrected chi connectivity index (χ2v) is 5.27. The first kappa shape index (κ1) is 16.9. The molecule has 0 heterocycles. The normalized spacial score (nSPS) is 12.1. The van der Waals surface area contributed by atoms with Crippen molar-refractivity contribution in [1.82, 2.24) is 0 Å². The molecule has 0 spiro atoms. The van der Waals surface area contributed by atoms with Crippen LogP contribution >= 0.6 is 11.6 Å². The van der Waals surface area contributed by atoms with Crippen molar-refractivity contribution < 1.29 is 18.7 Å². The maximum atomic E-state index is 12.8. The van der Waals surface area contributed by atoms with Gasteiger partial charge in [0.25, 0.3) is 0 Å². The second kappa shape index (κ2) is 7.70. The minimum Gasteiger partial charge on any atom is -0.451 e. The lowest BCUT2D eigenvalue weighted by atomic mass is 10.1. The summed E-state index contributed by atoms with van der Waals surface area (Å²) in [6, 6.07) is 12.0. The number of carbonyl (C=O) groups is 2. The zero-order chi connectivity index (χ0) is 16.8. The third kappa shape index (κ3) is 5.04. The summed E-state index contributed by atoms with van der Waals surface area (Å²) in [7, 11) is 0. The SMILES string of the molecule is C[C@@H](OC(=O)/C=C/c1ccc(F)cc1)C(=O)c1ccc(Cl)cc1. The number of hydrogen-bond acceptors (Lipinski definition) is 3. The van der Waals surface area contributed by atoms with Crippen LogP contribution in [0.25, 0.3) is 6.08 Å². The van der Waals surface area contributed by atoms with Gasteiger partial charge in [-0.2, -0.15) is 0 Å². The maximum Gasteiger partial charge on any atom is 0.331 e. The first-order valence-corrected chi connectivity index (χ1v) is 7.27. The van der Waals surface area contributed by atoms with E-state index >= 15 is 0 Å². The van der Waals surface area contributed by atoms with E-state index in [9.17, 15) is 14.0 Å². The van der Waals surface area contributed by atoms with E-state index in [1.54, 1.807) is 24.3 Å². The molecule has 0 radical (unpaired) electrons. The van der Waals surface area contributed by atoms with Crippen molar-refractivity contribution in [1.29, 1.82) is 0 Å². The predicted molar refractivity (Wildman–Crippen MR) is 86.8 cm³/mol. The van der Waals surface area contributed by atoms with Gasteiger partial charge in [0.2, 0.25) is 5.78 Å². The molecule has 3 nitrogen and oxygen atoms in total. The monoisotopic (exact) mass is 332 g/mol. The number of hydrogen-bond donors (Lipinski definition) is 0. The molecule has 0 aromatic heterocycles. The minimum atomic E-state index is -0.915. The highest BCUT2D eigenvalue weighted by Crippen LogP contribution is 2.12. The molecule has 0 aliphatic rings. The summed E-state index contributed by atoms with van der Waals surface area (Å²) in [6.45, 7) is 1.50. The van der Waals surface area contributed by atoms with Crippen molar-refractivity contribution in [3.8, 4) is 0 Å². The molecule has 118 valence electrons. The average Bonchev–Trinajstić information content (AvgIpc) is 2.54. The van der Waals surface area contributed by atoms with Crippen LogP contribution in [0.4, 0.5) is 4.39 Å². The van der Waals surface area contributed by atoms with Crippen molar-refractivity contribution in [3.05, 3.63) is 76.6 Å². The highest BCUT2D eigenvalue weighted by Gasteiger charge is 2.18. The molecule has 1 atom stereocenters. The van der Waals surface area contributed by atoms with Gasteiger partial charge >= 0.3 is 5.97 Å². The van der Waals surface area contributed by atoms with Gasteiger partial charge in [-0.15, -0.1) is 0 Å². The first-order valence-electron chi connectivity index (χ1n) is 6.90. The standard InChI is InChI=1S/C18H14ClFO3/c1-12(18(22)14-5-7-15(19)8-6-14)23-17(21)11-4-13-2-9-16(20)10-3-13/h2-12H,1H3/b11-4+/t12-/m1/s1. The average molecular weight is 333 g/mol. The van der Waals surface area contributed by atoms with Crippen molar-refractivity contribution in [2.45, 2.75) is 13.0 Å². The van der Waals surface area contributed by atoms with Crippen LogP contribution in [0.5, 0.6) is 0 Å². The Kier molecular flexibility index (Phi) is 5.66. The number of esters is 1. The lowest BCUT2D eigenvalue weighted by molar-refractivity contribution is -0.140. The second-order valence-electron chi connectivity index (χ2n) is 4.84. The summed E-state index contributed by atoms with van der Waals surface area (Å²) >= 11 is 5.76. The Morgan fingerprint density at radius 3 is 2.30 bits per heavy atom. The number of ketones is 1. The van der Waals surface area contributed by atoms with Crippen LogP contribution in [0.2, 0.25) is 5.02 Å². The van der Waals surface area contributed by atoms with Crippen LogP contribution in [0.1, 0.15) is 22.8 Å². The topological polar surface area (TPSA) is 43.4 Å². The van der Waals surface area contributed by atoms with Gasteiger partial charge in [-0.1, -0.05) is 23.7 Å². The van der Waals surface area contributed by atoms with Gasteiger partial charge < -0.3 is 4.74 Å². The molecule has 0 aliphatic carbocycles. The molecule has 2 rings (SSSR count). The van der Waals surface area contributed by atoms with Gasteiger partial charge in [0.05, 0.1) is 0 Å². The number of carbonyl (C=O) groups excluding carboxylic acids is 2. The molecule has 0 fully saturated rings. The zero-order valence-corrected chi connectivity index (χ0v) is 13.1. The molecule has 0 saturated heterocycles. The third-order valence-electron chi connectivity index (χ3n) is 3.07. The van der Waals surface area contributed by atoms with Gasteiger partial charge in [0.15, 0.2) is 6.10 Å². The van der Waals surface area contributed by atoms with E-state index in [1.165, 1.54) is 43.3 Å². The first-order chi connectivity index (χ1) is 11.0. The van der Waals surface area contributed by atoms with E-state index in [2.05, 4.69) is 0 Å². The van der Waals surface area contributed by atoms with Crippen LogP contribution in [-0.4, -0.2) is 17.9 Å². The van der Waals surface area contributed by atoms with E-state index < -0.39 is 12.1 Å². The van der Waals surface area contributed by atoms with Crippen LogP contribution in [0, 0.1) is 5.82 Å². The molecular formula is C18H14ClFO3. The summed E-state index contributed by atoms with van der Waals surface area (Å²) in [5, 5.41) is 0.522. The Morgan fingerprint density at radius 2 is 1.70 bits per heavy atom. The lowest BCUT2D eigenvalue weighted by Gasteiger charge is -2.10. The fraction of sp³-hybridized carbons (Fsp3) is 0.111.